The molecule has 1 N–H and O–H groups in total. The minimum absolute atomic E-state index is 0.00799. The van der Waals surface area contributed by atoms with Gasteiger partial charge in [0.2, 0.25) is 11.8 Å². The summed E-state index contributed by atoms with van der Waals surface area (Å²) >= 11 is 0. The van der Waals surface area contributed by atoms with Crippen molar-refractivity contribution in [2.45, 2.75) is 24.2 Å². The highest BCUT2D eigenvalue weighted by atomic mass is 32.2. The number of fused-ring (bicyclic) bond motifs is 1. The first-order valence-electron chi connectivity index (χ1n) is 11.8. The molecule has 3 aliphatic rings. The summed E-state index contributed by atoms with van der Waals surface area (Å²) in [4.78, 5) is 31.5. The van der Waals surface area contributed by atoms with E-state index in [2.05, 4.69) is 14.6 Å². The van der Waals surface area contributed by atoms with E-state index in [1.54, 1.807) is 31.4 Å². The Balaban J connectivity index is 1.29. The Morgan fingerprint density at radius 2 is 1.91 bits per heavy atom. The molecule has 0 spiro atoms. The van der Waals surface area contributed by atoms with Crippen molar-refractivity contribution in [2.75, 3.05) is 66.1 Å². The number of methoxy groups -OCH3 is 1. The first-order valence-corrected chi connectivity index (χ1v) is 13.3. The lowest BCUT2D eigenvalue weighted by Gasteiger charge is -2.39. The molecule has 0 aromatic heterocycles. The van der Waals surface area contributed by atoms with Crippen LogP contribution < -0.4 is 5.32 Å². The van der Waals surface area contributed by atoms with Crippen LogP contribution in [0.15, 0.2) is 33.6 Å². The number of ether oxygens (including phenoxy) is 1. The summed E-state index contributed by atoms with van der Waals surface area (Å²) in [6.45, 7) is 5.19. The number of benzene rings is 1. The van der Waals surface area contributed by atoms with Gasteiger partial charge >= 0.3 is 0 Å². The number of carbonyl (C=O) groups is 2. The van der Waals surface area contributed by atoms with E-state index in [0.29, 0.717) is 70.4 Å². The Morgan fingerprint density at radius 1 is 1.15 bits per heavy atom. The first kappa shape index (κ1) is 24.6. The summed E-state index contributed by atoms with van der Waals surface area (Å²) in [6.07, 6.45) is 2.37. The number of rotatable bonds is 7. The molecule has 4 rings (SSSR count). The zero-order chi connectivity index (χ0) is 24.1. The van der Waals surface area contributed by atoms with Gasteiger partial charge in [-0.25, -0.2) is 0 Å². The molecule has 0 bridgehead atoms. The second-order valence-corrected chi connectivity index (χ2v) is 10.5. The van der Waals surface area contributed by atoms with E-state index in [0.717, 1.165) is 19.3 Å². The summed E-state index contributed by atoms with van der Waals surface area (Å²) in [5.74, 6) is 0.353. The van der Waals surface area contributed by atoms with E-state index in [1.165, 1.54) is 0 Å². The van der Waals surface area contributed by atoms with Crippen LogP contribution in [0, 0.1) is 5.92 Å². The van der Waals surface area contributed by atoms with Gasteiger partial charge in [-0.3, -0.25) is 14.5 Å². The van der Waals surface area contributed by atoms with Crippen molar-refractivity contribution < 1.29 is 22.7 Å². The largest absolute Gasteiger partial charge is 0.385 e. The van der Waals surface area contributed by atoms with Crippen LogP contribution in [0.4, 0.5) is 0 Å². The van der Waals surface area contributed by atoms with E-state index in [-0.39, 0.29) is 22.6 Å². The van der Waals surface area contributed by atoms with Crippen LogP contribution in [0.2, 0.25) is 0 Å². The number of hydrogen-bond donors (Lipinski definition) is 1. The maximum atomic E-state index is 13.2. The Bertz CT molecular complexity index is 1040. The topological polar surface area (TPSA) is 112 Å². The number of amidine groups is 1. The molecule has 186 valence electrons. The van der Waals surface area contributed by atoms with Gasteiger partial charge in [0.05, 0.1) is 12.5 Å². The number of hydrogen-bond acceptors (Lipinski definition) is 7. The molecule has 10 nitrogen and oxygen atoms in total. The van der Waals surface area contributed by atoms with Gasteiger partial charge in [0, 0.05) is 65.1 Å². The van der Waals surface area contributed by atoms with Gasteiger partial charge in [0.25, 0.3) is 10.0 Å². The van der Waals surface area contributed by atoms with Crippen LogP contribution in [0.25, 0.3) is 0 Å². The van der Waals surface area contributed by atoms with Crippen molar-refractivity contribution in [1.29, 1.82) is 0 Å². The molecule has 2 saturated heterocycles. The maximum Gasteiger partial charge on any atom is 0.285 e. The number of carbonyl (C=O) groups excluding carboxylic acids is 2. The fraction of sp³-hybridized carbons (Fsp3) is 0.609. The van der Waals surface area contributed by atoms with E-state index < -0.39 is 10.0 Å². The van der Waals surface area contributed by atoms with E-state index in [1.807, 2.05) is 9.80 Å². The minimum Gasteiger partial charge on any atom is -0.385 e. The van der Waals surface area contributed by atoms with Crippen LogP contribution in [0.5, 0.6) is 0 Å². The molecular weight excluding hydrogens is 458 g/mol. The summed E-state index contributed by atoms with van der Waals surface area (Å²) in [6, 6.07) is 6.85. The van der Waals surface area contributed by atoms with Crippen LogP contribution in [0.1, 0.15) is 24.8 Å². The quantitative estimate of drug-likeness (QED) is 0.540. The standard InChI is InChI=1S/C23H33N5O5S/c1-33-15-5-9-24-21(29)17-26-11-13-27(14-12-26)23(30)18-6-4-10-28(16-18)22-19-7-2-3-8-20(19)34(31,32)25-22/h2-3,7-8,18H,4-6,9-17H2,1H3,(H,24,29). The molecule has 34 heavy (non-hydrogen) atoms. The predicted octanol–water partition coefficient (Wildman–Crippen LogP) is 0.144. The molecular formula is C23H33N5O5S. The third-order valence-electron chi connectivity index (χ3n) is 6.58. The summed E-state index contributed by atoms with van der Waals surface area (Å²) in [7, 11) is -2.04. The second kappa shape index (κ2) is 10.8. The molecule has 1 atom stereocenters. The smallest absolute Gasteiger partial charge is 0.285 e. The lowest BCUT2D eigenvalue weighted by molar-refractivity contribution is -0.138. The van der Waals surface area contributed by atoms with Crippen LogP contribution >= 0.6 is 0 Å². The Morgan fingerprint density at radius 3 is 2.68 bits per heavy atom. The average molecular weight is 492 g/mol. The molecule has 2 fully saturated rings. The highest BCUT2D eigenvalue weighted by Gasteiger charge is 2.36. The first-order chi connectivity index (χ1) is 16.4. The monoisotopic (exact) mass is 491 g/mol. The van der Waals surface area contributed by atoms with Crippen molar-refractivity contribution in [2.24, 2.45) is 10.3 Å². The van der Waals surface area contributed by atoms with Gasteiger partial charge in [0.1, 0.15) is 4.90 Å². The summed E-state index contributed by atoms with van der Waals surface area (Å²) in [5.41, 5.74) is 0.615. The molecule has 3 heterocycles. The van der Waals surface area contributed by atoms with Crippen molar-refractivity contribution in [3.8, 4) is 0 Å². The van der Waals surface area contributed by atoms with Gasteiger partial charge < -0.3 is 19.9 Å². The second-order valence-electron chi connectivity index (χ2n) is 8.97. The fourth-order valence-corrected chi connectivity index (χ4v) is 6.00. The number of piperidine rings is 1. The lowest BCUT2D eigenvalue weighted by atomic mass is 9.95. The van der Waals surface area contributed by atoms with Crippen molar-refractivity contribution >= 4 is 27.7 Å². The molecule has 1 aromatic rings. The predicted molar refractivity (Wildman–Crippen MR) is 127 cm³/mol. The molecule has 11 heteroatoms. The highest BCUT2D eigenvalue weighted by molar-refractivity contribution is 7.90. The van der Waals surface area contributed by atoms with Crippen molar-refractivity contribution in [1.82, 2.24) is 20.0 Å². The molecule has 0 radical (unpaired) electrons. The van der Waals surface area contributed by atoms with Crippen LogP contribution in [-0.2, 0) is 24.3 Å². The molecule has 1 aromatic carbocycles. The Kier molecular flexibility index (Phi) is 7.84. The molecule has 1 unspecified atom stereocenters. The SMILES string of the molecule is COCCCNC(=O)CN1CCN(C(=O)C2CCCN(C3=NS(=O)(=O)c4ccccc43)C2)CC1. The zero-order valence-electron chi connectivity index (χ0n) is 19.6. The third kappa shape index (κ3) is 5.59. The van der Waals surface area contributed by atoms with Gasteiger partial charge in [-0.05, 0) is 31.4 Å². The number of piperazine rings is 1. The fourth-order valence-electron chi connectivity index (χ4n) is 4.78. The molecule has 2 amide bonds. The molecule has 0 aliphatic carbocycles. The lowest BCUT2D eigenvalue weighted by Crippen LogP contribution is -2.54. The van der Waals surface area contributed by atoms with E-state index in [4.69, 9.17) is 4.74 Å². The van der Waals surface area contributed by atoms with Gasteiger partial charge in [-0.15, -0.1) is 4.40 Å². The summed E-state index contributed by atoms with van der Waals surface area (Å²) < 4.78 is 33.9. The van der Waals surface area contributed by atoms with E-state index in [9.17, 15) is 18.0 Å². The normalized spacial score (nSPS) is 22.3. The summed E-state index contributed by atoms with van der Waals surface area (Å²) in [5, 5.41) is 2.89. The minimum atomic E-state index is -3.68. The number of nitrogens with one attached hydrogen (secondary N) is 1. The highest BCUT2D eigenvalue weighted by Crippen LogP contribution is 2.30. The van der Waals surface area contributed by atoms with Crippen molar-refractivity contribution in [3.05, 3.63) is 29.8 Å². The van der Waals surface area contributed by atoms with Gasteiger partial charge in [0.15, 0.2) is 5.84 Å². The number of amides is 2. The van der Waals surface area contributed by atoms with Gasteiger partial charge in [-0.1, -0.05) is 12.1 Å². The maximum absolute atomic E-state index is 13.2. The van der Waals surface area contributed by atoms with Gasteiger partial charge in [-0.2, -0.15) is 8.42 Å². The number of sulfonamides is 1. The third-order valence-corrected chi connectivity index (χ3v) is 7.91. The van der Waals surface area contributed by atoms with E-state index >= 15 is 0 Å². The average Bonchev–Trinajstić information content (AvgIpc) is 3.13. The molecule has 0 saturated carbocycles. The molecule has 3 aliphatic heterocycles. The zero-order valence-corrected chi connectivity index (χ0v) is 20.4. The van der Waals surface area contributed by atoms with Crippen LogP contribution in [0.3, 0.4) is 0 Å². The number of likely N-dealkylation sites (tertiary alicyclic amines) is 1. The van der Waals surface area contributed by atoms with Crippen molar-refractivity contribution in [3.63, 3.8) is 0 Å². The Labute approximate surface area is 201 Å². The van der Waals surface area contributed by atoms with Crippen LogP contribution in [-0.4, -0.2) is 107 Å². The Hall–Kier alpha value is -2.50. The number of nitrogens with zero attached hydrogens (tertiary/aromatic N) is 4.